The van der Waals surface area contributed by atoms with Gasteiger partial charge in [-0.3, -0.25) is 0 Å². The Bertz CT molecular complexity index is 313. The molecular formula is C9H12F2N2. The number of nitrogen functional groups attached to an aromatic ring is 1. The van der Waals surface area contributed by atoms with Gasteiger partial charge in [0.05, 0.1) is 0 Å². The van der Waals surface area contributed by atoms with Crippen LogP contribution in [0.15, 0.2) is 12.1 Å². The molecule has 0 spiro atoms. The molecule has 1 aromatic rings. The van der Waals surface area contributed by atoms with Crippen molar-refractivity contribution in [2.45, 2.75) is 12.8 Å². The Hall–Kier alpha value is -1.16. The zero-order chi connectivity index (χ0) is 10.0. The van der Waals surface area contributed by atoms with Crippen molar-refractivity contribution in [3.8, 4) is 0 Å². The van der Waals surface area contributed by atoms with E-state index < -0.39 is 11.6 Å². The molecule has 2 nitrogen and oxygen atoms in total. The Kier molecular flexibility index (Phi) is 2.83. The lowest BCUT2D eigenvalue weighted by Gasteiger charge is -2.13. The van der Waals surface area contributed by atoms with Crippen molar-refractivity contribution >= 4 is 5.69 Å². The molecule has 0 aromatic heterocycles. The molecule has 13 heavy (non-hydrogen) atoms. The van der Waals surface area contributed by atoms with Gasteiger partial charge in [0.25, 0.3) is 0 Å². The molecule has 1 aromatic carbocycles. The monoisotopic (exact) mass is 186 g/mol. The second kappa shape index (κ2) is 3.70. The third kappa shape index (κ3) is 1.78. The molecule has 4 heteroatoms. The molecule has 0 amide bonds. The average Bonchev–Trinajstić information content (AvgIpc) is 2.12. The van der Waals surface area contributed by atoms with E-state index in [-0.39, 0.29) is 23.7 Å². The van der Waals surface area contributed by atoms with Gasteiger partial charge in [0.15, 0.2) is 11.6 Å². The molecular weight excluding hydrogens is 174 g/mol. The molecule has 0 radical (unpaired) electrons. The number of halogens is 2. The van der Waals surface area contributed by atoms with Gasteiger partial charge in [0, 0.05) is 11.3 Å². The fourth-order valence-electron chi connectivity index (χ4n) is 1.20. The van der Waals surface area contributed by atoms with Gasteiger partial charge in [-0.1, -0.05) is 6.92 Å². The van der Waals surface area contributed by atoms with Gasteiger partial charge in [-0.25, -0.2) is 8.78 Å². The SMILES string of the molecule is CC(CN)c1c(N)ccc(F)c1F. The molecule has 1 atom stereocenters. The molecule has 0 saturated heterocycles. The fourth-order valence-corrected chi connectivity index (χ4v) is 1.20. The second-order valence-electron chi connectivity index (χ2n) is 3.00. The maximum atomic E-state index is 13.2. The second-order valence-corrected chi connectivity index (χ2v) is 3.00. The summed E-state index contributed by atoms with van der Waals surface area (Å²) in [6.07, 6.45) is 0. The molecule has 1 rings (SSSR count). The Labute approximate surface area is 75.5 Å². The van der Waals surface area contributed by atoms with Gasteiger partial charge in [-0.15, -0.1) is 0 Å². The maximum Gasteiger partial charge on any atom is 0.164 e. The Morgan fingerprint density at radius 2 is 2.00 bits per heavy atom. The van der Waals surface area contributed by atoms with Crippen LogP contribution >= 0.6 is 0 Å². The van der Waals surface area contributed by atoms with E-state index in [0.717, 1.165) is 6.07 Å². The van der Waals surface area contributed by atoms with E-state index in [2.05, 4.69) is 0 Å². The van der Waals surface area contributed by atoms with Gasteiger partial charge < -0.3 is 11.5 Å². The van der Waals surface area contributed by atoms with Crippen LogP contribution < -0.4 is 11.5 Å². The van der Waals surface area contributed by atoms with Crippen LogP contribution in [-0.4, -0.2) is 6.54 Å². The first-order chi connectivity index (χ1) is 6.07. The maximum absolute atomic E-state index is 13.2. The lowest BCUT2D eigenvalue weighted by molar-refractivity contribution is 0.492. The smallest absolute Gasteiger partial charge is 0.164 e. The van der Waals surface area contributed by atoms with Crippen LogP contribution in [0.3, 0.4) is 0 Å². The normalized spacial score (nSPS) is 12.9. The van der Waals surface area contributed by atoms with E-state index in [0.29, 0.717) is 0 Å². The minimum atomic E-state index is -0.891. The summed E-state index contributed by atoms with van der Waals surface area (Å²) in [5.74, 6) is -2.04. The standard InChI is InChI=1S/C9H12F2N2/c1-5(4-12)8-7(13)3-2-6(10)9(8)11/h2-3,5H,4,12-13H2,1H3. The van der Waals surface area contributed by atoms with Crippen LogP contribution in [0.4, 0.5) is 14.5 Å². The Balaban J connectivity index is 3.25. The molecule has 72 valence electrons. The van der Waals surface area contributed by atoms with E-state index in [1.165, 1.54) is 6.07 Å². The average molecular weight is 186 g/mol. The van der Waals surface area contributed by atoms with E-state index in [9.17, 15) is 8.78 Å². The molecule has 0 fully saturated rings. The highest BCUT2D eigenvalue weighted by atomic mass is 19.2. The molecule has 0 bridgehead atoms. The van der Waals surface area contributed by atoms with Crippen molar-refractivity contribution in [1.29, 1.82) is 0 Å². The first-order valence-corrected chi connectivity index (χ1v) is 4.01. The van der Waals surface area contributed by atoms with Crippen molar-refractivity contribution in [2.24, 2.45) is 5.73 Å². The summed E-state index contributed by atoms with van der Waals surface area (Å²) in [6, 6.07) is 2.36. The number of rotatable bonds is 2. The molecule has 0 aliphatic heterocycles. The number of hydrogen-bond donors (Lipinski definition) is 2. The third-order valence-corrected chi connectivity index (χ3v) is 2.01. The highest BCUT2D eigenvalue weighted by Crippen LogP contribution is 2.26. The predicted octanol–water partition coefficient (Wildman–Crippen LogP) is 1.61. The van der Waals surface area contributed by atoms with Crippen molar-refractivity contribution in [3.05, 3.63) is 29.3 Å². The number of benzene rings is 1. The van der Waals surface area contributed by atoms with Crippen molar-refractivity contribution in [3.63, 3.8) is 0 Å². The third-order valence-electron chi connectivity index (χ3n) is 2.01. The van der Waals surface area contributed by atoms with Gasteiger partial charge >= 0.3 is 0 Å². The van der Waals surface area contributed by atoms with Gasteiger partial charge in [0.1, 0.15) is 0 Å². The van der Waals surface area contributed by atoms with E-state index in [1.54, 1.807) is 6.92 Å². The summed E-state index contributed by atoms with van der Waals surface area (Å²) in [7, 11) is 0. The van der Waals surface area contributed by atoms with Crippen LogP contribution in [-0.2, 0) is 0 Å². The molecule has 1 unspecified atom stereocenters. The minimum absolute atomic E-state index is 0.169. The minimum Gasteiger partial charge on any atom is -0.398 e. The number of anilines is 1. The highest BCUT2D eigenvalue weighted by Gasteiger charge is 2.16. The summed E-state index contributed by atoms with van der Waals surface area (Å²) < 4.78 is 26.0. The molecule has 4 N–H and O–H groups in total. The lowest BCUT2D eigenvalue weighted by atomic mass is 9.99. The number of nitrogens with two attached hydrogens (primary N) is 2. The summed E-state index contributed by atoms with van der Waals surface area (Å²) in [6.45, 7) is 1.94. The first-order valence-electron chi connectivity index (χ1n) is 4.01. The van der Waals surface area contributed by atoms with Gasteiger partial charge in [-0.2, -0.15) is 0 Å². The number of hydrogen-bond acceptors (Lipinski definition) is 2. The predicted molar refractivity (Wildman–Crippen MR) is 48.2 cm³/mol. The summed E-state index contributed by atoms with van der Waals surface area (Å²) in [4.78, 5) is 0. The highest BCUT2D eigenvalue weighted by molar-refractivity contribution is 5.49. The lowest BCUT2D eigenvalue weighted by Crippen LogP contribution is -2.13. The molecule has 0 saturated carbocycles. The Morgan fingerprint density at radius 3 is 2.54 bits per heavy atom. The first kappa shape index (κ1) is 9.92. The van der Waals surface area contributed by atoms with Crippen molar-refractivity contribution in [1.82, 2.24) is 0 Å². The van der Waals surface area contributed by atoms with Crippen LogP contribution in [0.1, 0.15) is 18.4 Å². The molecule has 0 heterocycles. The summed E-state index contributed by atoms with van der Waals surface area (Å²) >= 11 is 0. The summed E-state index contributed by atoms with van der Waals surface area (Å²) in [5, 5.41) is 0. The van der Waals surface area contributed by atoms with Crippen molar-refractivity contribution < 1.29 is 8.78 Å². The fraction of sp³-hybridized carbons (Fsp3) is 0.333. The van der Waals surface area contributed by atoms with Crippen LogP contribution in [0.5, 0.6) is 0 Å². The molecule has 0 aliphatic rings. The van der Waals surface area contributed by atoms with Gasteiger partial charge in [0.2, 0.25) is 0 Å². The zero-order valence-corrected chi connectivity index (χ0v) is 7.35. The zero-order valence-electron chi connectivity index (χ0n) is 7.35. The quantitative estimate of drug-likeness (QED) is 0.689. The molecule has 0 aliphatic carbocycles. The van der Waals surface area contributed by atoms with E-state index >= 15 is 0 Å². The van der Waals surface area contributed by atoms with E-state index in [4.69, 9.17) is 11.5 Å². The van der Waals surface area contributed by atoms with Crippen molar-refractivity contribution in [2.75, 3.05) is 12.3 Å². The van der Waals surface area contributed by atoms with E-state index in [1.807, 2.05) is 0 Å². The Morgan fingerprint density at radius 1 is 1.38 bits per heavy atom. The topological polar surface area (TPSA) is 52.0 Å². The summed E-state index contributed by atoms with van der Waals surface area (Å²) in [5.41, 5.74) is 11.3. The van der Waals surface area contributed by atoms with Crippen LogP contribution in [0.2, 0.25) is 0 Å². The van der Waals surface area contributed by atoms with Crippen LogP contribution in [0.25, 0.3) is 0 Å². The largest absolute Gasteiger partial charge is 0.398 e. The van der Waals surface area contributed by atoms with Gasteiger partial charge in [-0.05, 0) is 24.6 Å². The van der Waals surface area contributed by atoms with Crippen LogP contribution in [0, 0.1) is 11.6 Å².